The molecule has 0 aromatic heterocycles. The molecule has 178 valence electrons. The van der Waals surface area contributed by atoms with Gasteiger partial charge in [-0.1, -0.05) is 48.5 Å². The van der Waals surface area contributed by atoms with E-state index in [1.165, 1.54) is 5.56 Å². The van der Waals surface area contributed by atoms with Gasteiger partial charge in [0.1, 0.15) is 5.75 Å². The first-order chi connectivity index (χ1) is 15.8. The number of rotatable bonds is 7. The average Bonchev–Trinajstić information content (AvgIpc) is 2.82. The number of carboxylic acids is 2. The van der Waals surface area contributed by atoms with Gasteiger partial charge in [-0.3, -0.25) is 9.69 Å². The van der Waals surface area contributed by atoms with E-state index in [4.69, 9.17) is 24.5 Å². The van der Waals surface area contributed by atoms with Crippen molar-refractivity contribution < 1.29 is 29.3 Å². The summed E-state index contributed by atoms with van der Waals surface area (Å²) in [6, 6.07) is 18.4. The monoisotopic (exact) mass is 456 g/mol. The van der Waals surface area contributed by atoms with Crippen LogP contribution in [0.1, 0.15) is 43.9 Å². The number of aliphatic carboxylic acids is 2. The maximum Gasteiger partial charge on any atom is 0.414 e. The fraction of sp³-hybridized carbons (Fsp3) is 0.400. The lowest BCUT2D eigenvalue weighted by atomic mass is 9.94. The SMILES string of the molecule is CCOc1ccccc1CN1CCC(C(=O)N[C@H](C)c2ccccc2)CC1.O=C(O)C(=O)O. The molecule has 0 spiro atoms. The smallest absolute Gasteiger partial charge is 0.414 e. The van der Waals surface area contributed by atoms with Crippen LogP contribution in [0.25, 0.3) is 0 Å². The van der Waals surface area contributed by atoms with Gasteiger partial charge in [-0.25, -0.2) is 9.59 Å². The van der Waals surface area contributed by atoms with Crippen molar-refractivity contribution in [3.63, 3.8) is 0 Å². The minimum atomic E-state index is -1.82. The Kier molecular flexibility index (Phi) is 10.4. The molecular formula is C25H32N2O6. The van der Waals surface area contributed by atoms with E-state index in [9.17, 15) is 4.79 Å². The molecule has 1 saturated heterocycles. The molecule has 3 rings (SSSR count). The fourth-order valence-electron chi connectivity index (χ4n) is 3.68. The molecule has 2 aromatic rings. The highest BCUT2D eigenvalue weighted by atomic mass is 16.5. The van der Waals surface area contributed by atoms with Crippen molar-refractivity contribution in [3.05, 3.63) is 65.7 Å². The van der Waals surface area contributed by atoms with Gasteiger partial charge in [-0.15, -0.1) is 0 Å². The first-order valence-corrected chi connectivity index (χ1v) is 11.1. The summed E-state index contributed by atoms with van der Waals surface area (Å²) in [4.78, 5) is 33.3. The number of nitrogens with zero attached hydrogens (tertiary/aromatic N) is 1. The second-order valence-electron chi connectivity index (χ2n) is 7.84. The van der Waals surface area contributed by atoms with Gasteiger partial charge in [0.25, 0.3) is 0 Å². The summed E-state index contributed by atoms with van der Waals surface area (Å²) in [5.41, 5.74) is 2.37. The van der Waals surface area contributed by atoms with Crippen molar-refractivity contribution in [2.45, 2.75) is 39.3 Å². The zero-order valence-electron chi connectivity index (χ0n) is 19.1. The van der Waals surface area contributed by atoms with Crippen molar-refractivity contribution >= 4 is 17.8 Å². The van der Waals surface area contributed by atoms with Crippen LogP contribution < -0.4 is 10.1 Å². The fourth-order valence-corrected chi connectivity index (χ4v) is 3.68. The first kappa shape index (κ1) is 25.9. The summed E-state index contributed by atoms with van der Waals surface area (Å²) in [5.74, 6) is -2.39. The Morgan fingerprint density at radius 3 is 2.15 bits per heavy atom. The molecule has 1 heterocycles. The average molecular weight is 457 g/mol. The number of piperidine rings is 1. The number of hydrogen-bond acceptors (Lipinski definition) is 5. The number of benzene rings is 2. The summed E-state index contributed by atoms with van der Waals surface area (Å²) >= 11 is 0. The zero-order valence-corrected chi connectivity index (χ0v) is 19.1. The van der Waals surface area contributed by atoms with E-state index in [2.05, 4.69) is 34.5 Å². The van der Waals surface area contributed by atoms with Gasteiger partial charge in [0, 0.05) is 18.0 Å². The molecule has 1 aliphatic rings. The van der Waals surface area contributed by atoms with Crippen LogP contribution in [0, 0.1) is 5.92 Å². The second kappa shape index (κ2) is 13.2. The Labute approximate surface area is 194 Å². The van der Waals surface area contributed by atoms with Crippen LogP contribution >= 0.6 is 0 Å². The number of amides is 1. The van der Waals surface area contributed by atoms with E-state index in [0.717, 1.165) is 43.8 Å². The van der Waals surface area contributed by atoms with E-state index >= 15 is 0 Å². The van der Waals surface area contributed by atoms with Gasteiger partial charge >= 0.3 is 11.9 Å². The third kappa shape index (κ3) is 8.57. The number of hydrogen-bond donors (Lipinski definition) is 3. The maximum absolute atomic E-state index is 12.6. The lowest BCUT2D eigenvalue weighted by molar-refractivity contribution is -0.159. The summed E-state index contributed by atoms with van der Waals surface area (Å²) in [5, 5.41) is 18.0. The number of carbonyl (C=O) groups is 3. The van der Waals surface area contributed by atoms with Crippen LogP contribution in [0.2, 0.25) is 0 Å². The summed E-state index contributed by atoms with van der Waals surface area (Å²) in [7, 11) is 0. The maximum atomic E-state index is 12.6. The highest BCUT2D eigenvalue weighted by Gasteiger charge is 2.26. The molecule has 1 aliphatic heterocycles. The lowest BCUT2D eigenvalue weighted by Crippen LogP contribution is -2.40. The molecule has 8 heteroatoms. The molecular weight excluding hydrogens is 424 g/mol. The molecule has 3 N–H and O–H groups in total. The third-order valence-electron chi connectivity index (χ3n) is 5.47. The molecule has 0 bridgehead atoms. The normalized spacial score (nSPS) is 15.0. The van der Waals surface area contributed by atoms with Crippen LogP contribution in [0.15, 0.2) is 54.6 Å². The van der Waals surface area contributed by atoms with Crippen LogP contribution in [0.5, 0.6) is 5.75 Å². The zero-order chi connectivity index (χ0) is 24.2. The number of ether oxygens (including phenoxy) is 1. The quantitative estimate of drug-likeness (QED) is 0.547. The van der Waals surface area contributed by atoms with Gasteiger partial charge < -0.3 is 20.3 Å². The highest BCUT2D eigenvalue weighted by Crippen LogP contribution is 2.24. The van der Waals surface area contributed by atoms with Crippen LogP contribution in [0.3, 0.4) is 0 Å². The Balaban J connectivity index is 0.000000569. The minimum absolute atomic E-state index is 0.0507. The summed E-state index contributed by atoms with van der Waals surface area (Å²) in [6.45, 7) is 7.50. The Bertz CT molecular complexity index is 898. The molecule has 8 nitrogen and oxygen atoms in total. The number of nitrogens with one attached hydrogen (secondary N) is 1. The van der Waals surface area contributed by atoms with E-state index in [-0.39, 0.29) is 17.9 Å². The van der Waals surface area contributed by atoms with Crippen LogP contribution in [-0.2, 0) is 20.9 Å². The van der Waals surface area contributed by atoms with Crippen molar-refractivity contribution in [2.24, 2.45) is 5.92 Å². The van der Waals surface area contributed by atoms with Gasteiger partial charge in [-0.05, 0) is 51.4 Å². The van der Waals surface area contributed by atoms with Crippen molar-refractivity contribution in [1.82, 2.24) is 10.2 Å². The Morgan fingerprint density at radius 1 is 1.00 bits per heavy atom. The number of carbonyl (C=O) groups excluding carboxylic acids is 1. The Hall–Kier alpha value is -3.39. The van der Waals surface area contributed by atoms with E-state index in [0.29, 0.717) is 6.61 Å². The van der Waals surface area contributed by atoms with Gasteiger partial charge in [0.2, 0.25) is 5.91 Å². The van der Waals surface area contributed by atoms with Gasteiger partial charge in [-0.2, -0.15) is 0 Å². The molecule has 1 fully saturated rings. The van der Waals surface area contributed by atoms with Crippen LogP contribution in [0.4, 0.5) is 0 Å². The van der Waals surface area contributed by atoms with E-state index in [1.54, 1.807) is 0 Å². The molecule has 2 aromatic carbocycles. The molecule has 1 amide bonds. The van der Waals surface area contributed by atoms with Crippen molar-refractivity contribution in [2.75, 3.05) is 19.7 Å². The third-order valence-corrected chi connectivity index (χ3v) is 5.47. The number of likely N-dealkylation sites (tertiary alicyclic amines) is 1. The molecule has 33 heavy (non-hydrogen) atoms. The molecule has 1 atom stereocenters. The predicted molar refractivity (Wildman–Crippen MR) is 124 cm³/mol. The van der Waals surface area contributed by atoms with Gasteiger partial charge in [0.15, 0.2) is 0 Å². The van der Waals surface area contributed by atoms with E-state index < -0.39 is 11.9 Å². The second-order valence-corrected chi connectivity index (χ2v) is 7.84. The summed E-state index contributed by atoms with van der Waals surface area (Å²) < 4.78 is 5.73. The Morgan fingerprint density at radius 2 is 1.58 bits per heavy atom. The first-order valence-electron chi connectivity index (χ1n) is 11.1. The highest BCUT2D eigenvalue weighted by molar-refractivity contribution is 6.27. The molecule has 0 radical (unpaired) electrons. The summed E-state index contributed by atoms with van der Waals surface area (Å²) in [6.07, 6.45) is 1.81. The molecule has 0 unspecified atom stereocenters. The van der Waals surface area contributed by atoms with Crippen molar-refractivity contribution in [1.29, 1.82) is 0 Å². The number of para-hydroxylation sites is 1. The largest absolute Gasteiger partial charge is 0.494 e. The topological polar surface area (TPSA) is 116 Å². The minimum Gasteiger partial charge on any atom is -0.494 e. The van der Waals surface area contributed by atoms with Crippen molar-refractivity contribution in [3.8, 4) is 5.75 Å². The standard InChI is InChI=1S/C23H30N2O2.C2H2O4/c1-3-27-22-12-8-7-11-21(22)17-25-15-13-20(14-16-25)23(26)24-18(2)19-9-5-4-6-10-19;3-1(4)2(5)6/h4-12,18,20H,3,13-17H2,1-2H3,(H,24,26);(H,3,4)(H,5,6)/t18-;/m1./s1. The van der Waals surface area contributed by atoms with E-state index in [1.807, 2.05) is 44.2 Å². The lowest BCUT2D eigenvalue weighted by Gasteiger charge is -2.32. The van der Waals surface area contributed by atoms with Crippen LogP contribution in [-0.4, -0.2) is 52.7 Å². The number of carboxylic acid groups (broad SMARTS) is 2. The predicted octanol–water partition coefficient (Wildman–Crippen LogP) is 3.33. The molecule has 0 aliphatic carbocycles. The molecule has 0 saturated carbocycles. The van der Waals surface area contributed by atoms with Gasteiger partial charge in [0.05, 0.1) is 12.6 Å².